The Morgan fingerprint density at radius 3 is 2.81 bits per heavy atom. The van der Waals surface area contributed by atoms with Gasteiger partial charge in [0.05, 0.1) is 13.3 Å². The Morgan fingerprint density at radius 1 is 1.29 bits per heavy atom. The summed E-state index contributed by atoms with van der Waals surface area (Å²) < 4.78 is 10.5. The number of nitrogens with zero attached hydrogens (tertiary/aromatic N) is 2. The van der Waals surface area contributed by atoms with E-state index in [1.165, 1.54) is 6.21 Å². The van der Waals surface area contributed by atoms with Crippen molar-refractivity contribution in [1.82, 2.24) is 10.4 Å². The lowest BCUT2D eigenvalue weighted by Crippen LogP contribution is -2.24. The van der Waals surface area contributed by atoms with Gasteiger partial charge in [-0.3, -0.25) is 9.78 Å². The molecule has 0 unspecified atom stereocenters. The molecule has 0 aliphatic rings. The molecule has 0 fully saturated rings. The van der Waals surface area contributed by atoms with Crippen molar-refractivity contribution in [3.63, 3.8) is 0 Å². The molecule has 0 saturated carbocycles. The first-order valence-electron chi connectivity index (χ1n) is 6.27. The van der Waals surface area contributed by atoms with Crippen molar-refractivity contribution >= 4 is 12.1 Å². The number of amides is 1. The molecule has 1 amide bonds. The van der Waals surface area contributed by atoms with Crippen LogP contribution < -0.4 is 14.9 Å². The van der Waals surface area contributed by atoms with E-state index in [1.807, 2.05) is 12.1 Å². The van der Waals surface area contributed by atoms with Crippen LogP contribution in [0.5, 0.6) is 11.5 Å². The van der Waals surface area contributed by atoms with Crippen LogP contribution in [-0.4, -0.2) is 30.8 Å². The van der Waals surface area contributed by atoms with Crippen molar-refractivity contribution in [3.05, 3.63) is 54.4 Å². The third-order valence-corrected chi connectivity index (χ3v) is 2.52. The number of aromatic nitrogens is 1. The second-order valence-corrected chi connectivity index (χ2v) is 4.02. The van der Waals surface area contributed by atoms with Crippen LogP contribution in [-0.2, 0) is 4.79 Å². The third-order valence-electron chi connectivity index (χ3n) is 2.52. The minimum Gasteiger partial charge on any atom is -0.493 e. The zero-order chi connectivity index (χ0) is 14.9. The summed E-state index contributed by atoms with van der Waals surface area (Å²) in [5.74, 6) is 0.719. The van der Waals surface area contributed by atoms with Crippen LogP contribution in [0.25, 0.3) is 0 Å². The number of benzene rings is 1. The number of hydrogen-bond donors (Lipinski definition) is 1. The van der Waals surface area contributed by atoms with Crippen LogP contribution in [0.4, 0.5) is 0 Å². The van der Waals surface area contributed by atoms with E-state index in [0.717, 1.165) is 5.56 Å². The Bertz CT molecular complexity index is 615. The molecule has 0 bridgehead atoms. The Labute approximate surface area is 122 Å². The smallest absolute Gasteiger partial charge is 0.277 e. The number of rotatable bonds is 6. The number of carbonyl (C=O) groups excluding carboxylic acids is 1. The van der Waals surface area contributed by atoms with Gasteiger partial charge in [-0.1, -0.05) is 18.2 Å². The molecule has 1 aromatic carbocycles. The average molecular weight is 285 g/mol. The van der Waals surface area contributed by atoms with E-state index in [2.05, 4.69) is 15.5 Å². The third kappa shape index (κ3) is 4.61. The van der Waals surface area contributed by atoms with Crippen LogP contribution >= 0.6 is 0 Å². The quantitative estimate of drug-likeness (QED) is 0.646. The standard InChI is InChI=1S/C15H15N3O3/c1-20-13-6-2-3-7-14(13)21-11-15(19)18-17-10-12-5-4-8-16-9-12/h2-10H,11H2,1H3,(H,18,19)/b17-10-. The molecule has 1 heterocycles. The summed E-state index contributed by atoms with van der Waals surface area (Å²) in [6, 6.07) is 10.7. The van der Waals surface area contributed by atoms with Crippen molar-refractivity contribution in [3.8, 4) is 11.5 Å². The van der Waals surface area contributed by atoms with Gasteiger partial charge in [-0.2, -0.15) is 5.10 Å². The van der Waals surface area contributed by atoms with Gasteiger partial charge >= 0.3 is 0 Å². The van der Waals surface area contributed by atoms with Crippen molar-refractivity contribution in [2.24, 2.45) is 5.10 Å². The number of carbonyl (C=O) groups is 1. The molecule has 21 heavy (non-hydrogen) atoms. The molecular formula is C15H15N3O3. The molecule has 0 aliphatic carbocycles. The van der Waals surface area contributed by atoms with Crippen LogP contribution in [0.2, 0.25) is 0 Å². The highest BCUT2D eigenvalue weighted by Gasteiger charge is 2.05. The Morgan fingerprint density at radius 2 is 2.10 bits per heavy atom. The fourth-order valence-corrected chi connectivity index (χ4v) is 1.54. The number of para-hydroxylation sites is 2. The molecule has 0 radical (unpaired) electrons. The lowest BCUT2D eigenvalue weighted by atomic mass is 10.3. The minimum atomic E-state index is -0.360. The van der Waals surface area contributed by atoms with Crippen molar-refractivity contribution in [2.75, 3.05) is 13.7 Å². The highest BCUT2D eigenvalue weighted by atomic mass is 16.5. The molecule has 0 aliphatic heterocycles. The Hall–Kier alpha value is -2.89. The average Bonchev–Trinajstić information content (AvgIpc) is 2.54. The highest BCUT2D eigenvalue weighted by Crippen LogP contribution is 2.25. The zero-order valence-corrected chi connectivity index (χ0v) is 11.5. The molecule has 1 N–H and O–H groups in total. The van der Waals surface area contributed by atoms with Crippen LogP contribution in [0, 0.1) is 0 Å². The molecular weight excluding hydrogens is 270 g/mol. The van der Waals surface area contributed by atoms with Gasteiger partial charge in [0.1, 0.15) is 0 Å². The summed E-state index contributed by atoms with van der Waals surface area (Å²) in [6.45, 7) is -0.148. The number of ether oxygens (including phenoxy) is 2. The second kappa shape index (κ2) is 7.64. The number of hydrazone groups is 1. The molecule has 6 heteroatoms. The SMILES string of the molecule is COc1ccccc1OCC(=O)N/N=C\c1cccnc1. The Kier molecular flexibility index (Phi) is 5.28. The first kappa shape index (κ1) is 14.5. The largest absolute Gasteiger partial charge is 0.493 e. The summed E-state index contributed by atoms with van der Waals surface area (Å²) in [5.41, 5.74) is 3.17. The highest BCUT2D eigenvalue weighted by molar-refractivity contribution is 5.82. The maximum absolute atomic E-state index is 11.6. The van der Waals surface area contributed by atoms with E-state index < -0.39 is 0 Å². The van der Waals surface area contributed by atoms with Crippen molar-refractivity contribution < 1.29 is 14.3 Å². The van der Waals surface area contributed by atoms with E-state index in [0.29, 0.717) is 11.5 Å². The fraction of sp³-hybridized carbons (Fsp3) is 0.133. The van der Waals surface area contributed by atoms with Gasteiger partial charge in [0.15, 0.2) is 18.1 Å². The van der Waals surface area contributed by atoms with Gasteiger partial charge in [0.25, 0.3) is 5.91 Å². The number of nitrogens with one attached hydrogen (secondary N) is 1. The Balaban J connectivity index is 1.81. The lowest BCUT2D eigenvalue weighted by Gasteiger charge is -2.09. The first-order chi connectivity index (χ1) is 10.3. The number of pyridine rings is 1. The molecule has 2 aromatic rings. The summed E-state index contributed by atoms with van der Waals surface area (Å²) in [5, 5.41) is 3.82. The van der Waals surface area contributed by atoms with E-state index >= 15 is 0 Å². The molecule has 0 saturated heterocycles. The van der Waals surface area contributed by atoms with Crippen molar-refractivity contribution in [2.45, 2.75) is 0 Å². The molecule has 0 spiro atoms. The van der Waals surface area contributed by atoms with Gasteiger partial charge in [-0.15, -0.1) is 0 Å². The summed E-state index contributed by atoms with van der Waals surface area (Å²) in [4.78, 5) is 15.5. The molecule has 1 aromatic heterocycles. The normalized spacial score (nSPS) is 10.3. The van der Waals surface area contributed by atoms with Gasteiger partial charge in [0, 0.05) is 18.0 Å². The molecule has 0 atom stereocenters. The second-order valence-electron chi connectivity index (χ2n) is 4.02. The zero-order valence-electron chi connectivity index (χ0n) is 11.5. The predicted molar refractivity (Wildman–Crippen MR) is 78.5 cm³/mol. The number of hydrogen-bond acceptors (Lipinski definition) is 5. The van der Waals surface area contributed by atoms with Gasteiger partial charge in [-0.25, -0.2) is 5.43 Å². The maximum Gasteiger partial charge on any atom is 0.277 e. The fourth-order valence-electron chi connectivity index (χ4n) is 1.54. The van der Waals surface area contributed by atoms with Gasteiger partial charge < -0.3 is 9.47 Å². The molecule has 2 rings (SSSR count). The van der Waals surface area contributed by atoms with E-state index in [1.54, 1.807) is 43.8 Å². The lowest BCUT2D eigenvalue weighted by molar-refractivity contribution is -0.123. The first-order valence-corrected chi connectivity index (χ1v) is 6.27. The number of methoxy groups -OCH3 is 1. The van der Waals surface area contributed by atoms with Gasteiger partial charge in [-0.05, 0) is 18.2 Å². The minimum absolute atomic E-state index is 0.148. The summed E-state index contributed by atoms with van der Waals surface area (Å²) >= 11 is 0. The monoisotopic (exact) mass is 285 g/mol. The van der Waals surface area contributed by atoms with Crippen LogP contribution in [0.3, 0.4) is 0 Å². The van der Waals surface area contributed by atoms with E-state index in [9.17, 15) is 4.79 Å². The van der Waals surface area contributed by atoms with Crippen LogP contribution in [0.1, 0.15) is 5.56 Å². The van der Waals surface area contributed by atoms with E-state index in [4.69, 9.17) is 9.47 Å². The van der Waals surface area contributed by atoms with E-state index in [-0.39, 0.29) is 12.5 Å². The maximum atomic E-state index is 11.6. The van der Waals surface area contributed by atoms with Crippen LogP contribution in [0.15, 0.2) is 53.9 Å². The van der Waals surface area contributed by atoms with Gasteiger partial charge in [0.2, 0.25) is 0 Å². The predicted octanol–water partition coefficient (Wildman–Crippen LogP) is 1.62. The molecule has 108 valence electrons. The summed E-state index contributed by atoms with van der Waals surface area (Å²) in [6.07, 6.45) is 4.81. The van der Waals surface area contributed by atoms with Crippen molar-refractivity contribution in [1.29, 1.82) is 0 Å². The molecule has 6 nitrogen and oxygen atoms in total. The summed E-state index contributed by atoms with van der Waals surface area (Å²) in [7, 11) is 1.54. The topological polar surface area (TPSA) is 72.8 Å².